The molecule has 6 nitrogen and oxygen atoms in total. The van der Waals surface area contributed by atoms with Crippen LogP contribution in [-0.4, -0.2) is 27.4 Å². The molecular formula is C14H13N5O. The van der Waals surface area contributed by atoms with Gasteiger partial charge in [-0.1, -0.05) is 35.5 Å². The summed E-state index contributed by atoms with van der Waals surface area (Å²) in [5, 5.41) is 14.9. The van der Waals surface area contributed by atoms with Gasteiger partial charge in [-0.2, -0.15) is 10.1 Å². The third kappa shape index (κ3) is 2.41. The van der Waals surface area contributed by atoms with Crippen LogP contribution in [0.3, 0.4) is 0 Å². The van der Waals surface area contributed by atoms with Crippen LogP contribution in [0.15, 0.2) is 53.2 Å². The van der Waals surface area contributed by atoms with Gasteiger partial charge in [0.25, 0.3) is 0 Å². The minimum atomic E-state index is -0.144. The van der Waals surface area contributed by atoms with Gasteiger partial charge in [0.05, 0.1) is 0 Å². The summed E-state index contributed by atoms with van der Waals surface area (Å²) in [7, 11) is 1.85. The van der Waals surface area contributed by atoms with Crippen molar-refractivity contribution in [3.8, 4) is 11.5 Å². The highest BCUT2D eigenvalue weighted by atomic mass is 16.5. The Kier molecular flexibility index (Phi) is 3.47. The van der Waals surface area contributed by atoms with Crippen LogP contribution in [0.5, 0.6) is 0 Å². The number of benzene rings is 1. The van der Waals surface area contributed by atoms with Crippen molar-refractivity contribution < 1.29 is 4.52 Å². The minimum absolute atomic E-state index is 0.144. The number of hydrogen-bond donors (Lipinski definition) is 1. The van der Waals surface area contributed by atoms with E-state index in [2.05, 4.69) is 25.7 Å². The molecule has 0 amide bonds. The molecule has 0 radical (unpaired) electrons. The zero-order valence-electron chi connectivity index (χ0n) is 10.9. The van der Waals surface area contributed by atoms with E-state index in [-0.39, 0.29) is 6.04 Å². The Balaban J connectivity index is 1.93. The van der Waals surface area contributed by atoms with Crippen LogP contribution >= 0.6 is 0 Å². The maximum Gasteiger partial charge on any atom is 0.248 e. The molecule has 20 heavy (non-hydrogen) atoms. The second-order valence-corrected chi connectivity index (χ2v) is 4.20. The molecule has 1 atom stereocenters. The molecule has 0 aliphatic rings. The Morgan fingerprint density at radius 2 is 1.95 bits per heavy atom. The maximum absolute atomic E-state index is 5.34. The van der Waals surface area contributed by atoms with Gasteiger partial charge in [-0.15, -0.1) is 5.10 Å². The predicted octanol–water partition coefficient (Wildman–Crippen LogP) is 1.84. The summed E-state index contributed by atoms with van der Waals surface area (Å²) in [5.74, 6) is 0.934. The number of hydrogen-bond acceptors (Lipinski definition) is 6. The van der Waals surface area contributed by atoms with Crippen LogP contribution in [0.4, 0.5) is 0 Å². The summed E-state index contributed by atoms with van der Waals surface area (Å²) in [6.07, 6.45) is 1.60. The summed E-state index contributed by atoms with van der Waals surface area (Å²) >= 11 is 0. The van der Waals surface area contributed by atoms with Gasteiger partial charge in [-0.05, 0) is 24.7 Å². The van der Waals surface area contributed by atoms with Gasteiger partial charge in [-0.3, -0.25) is 0 Å². The fourth-order valence-corrected chi connectivity index (χ4v) is 1.96. The lowest BCUT2D eigenvalue weighted by Gasteiger charge is -2.11. The van der Waals surface area contributed by atoms with E-state index >= 15 is 0 Å². The largest absolute Gasteiger partial charge is 0.337 e. The SMILES string of the molecule is CN[C@H](c1ccccc1)c1nc(-c2cccnn2)no1. The molecule has 0 saturated heterocycles. The van der Waals surface area contributed by atoms with Crippen molar-refractivity contribution in [3.63, 3.8) is 0 Å². The number of nitrogens with zero attached hydrogens (tertiary/aromatic N) is 4. The predicted molar refractivity (Wildman–Crippen MR) is 72.7 cm³/mol. The zero-order chi connectivity index (χ0) is 13.8. The average molecular weight is 267 g/mol. The summed E-state index contributed by atoms with van der Waals surface area (Å²) in [6.45, 7) is 0. The molecule has 3 rings (SSSR count). The molecule has 2 aromatic heterocycles. The molecule has 0 bridgehead atoms. The first-order valence-corrected chi connectivity index (χ1v) is 6.22. The molecule has 2 heterocycles. The lowest BCUT2D eigenvalue weighted by Crippen LogP contribution is -2.17. The molecule has 0 unspecified atom stereocenters. The average Bonchev–Trinajstić information content (AvgIpc) is 3.00. The molecule has 0 aliphatic heterocycles. The van der Waals surface area contributed by atoms with Crippen molar-refractivity contribution in [3.05, 3.63) is 60.1 Å². The van der Waals surface area contributed by atoms with Crippen molar-refractivity contribution in [2.75, 3.05) is 7.05 Å². The molecule has 100 valence electrons. The monoisotopic (exact) mass is 267 g/mol. The van der Waals surface area contributed by atoms with Gasteiger partial charge in [-0.25, -0.2) is 0 Å². The lowest BCUT2D eigenvalue weighted by molar-refractivity contribution is 0.355. The third-order valence-corrected chi connectivity index (χ3v) is 2.91. The van der Waals surface area contributed by atoms with Crippen LogP contribution in [0.1, 0.15) is 17.5 Å². The van der Waals surface area contributed by atoms with Gasteiger partial charge in [0, 0.05) is 6.20 Å². The third-order valence-electron chi connectivity index (χ3n) is 2.91. The molecule has 6 heteroatoms. The summed E-state index contributed by atoms with van der Waals surface area (Å²) in [6, 6.07) is 13.4. The van der Waals surface area contributed by atoms with Crippen molar-refractivity contribution in [1.29, 1.82) is 0 Å². The molecular weight excluding hydrogens is 254 g/mol. The fraction of sp³-hybridized carbons (Fsp3) is 0.143. The number of aromatic nitrogens is 4. The molecule has 3 aromatic rings. The Labute approximate surface area is 115 Å². The molecule has 1 N–H and O–H groups in total. The summed E-state index contributed by atoms with van der Waals surface area (Å²) in [5.41, 5.74) is 1.65. The molecule has 0 spiro atoms. The minimum Gasteiger partial charge on any atom is -0.337 e. The van der Waals surface area contributed by atoms with Gasteiger partial charge in [0.2, 0.25) is 11.7 Å². The molecule has 0 saturated carbocycles. The second-order valence-electron chi connectivity index (χ2n) is 4.20. The van der Waals surface area contributed by atoms with Crippen molar-refractivity contribution in [1.82, 2.24) is 25.7 Å². The quantitative estimate of drug-likeness (QED) is 0.777. The van der Waals surface area contributed by atoms with E-state index in [1.807, 2.05) is 37.4 Å². The van der Waals surface area contributed by atoms with E-state index in [1.54, 1.807) is 18.3 Å². The highest BCUT2D eigenvalue weighted by Gasteiger charge is 2.20. The van der Waals surface area contributed by atoms with E-state index < -0.39 is 0 Å². The van der Waals surface area contributed by atoms with Crippen LogP contribution in [0.25, 0.3) is 11.5 Å². The van der Waals surface area contributed by atoms with Gasteiger partial charge >= 0.3 is 0 Å². The van der Waals surface area contributed by atoms with E-state index in [4.69, 9.17) is 4.52 Å². The smallest absolute Gasteiger partial charge is 0.248 e. The van der Waals surface area contributed by atoms with E-state index in [1.165, 1.54) is 0 Å². The van der Waals surface area contributed by atoms with Gasteiger partial charge in [0.15, 0.2) is 0 Å². The molecule has 1 aromatic carbocycles. The normalized spacial score (nSPS) is 12.2. The number of nitrogens with one attached hydrogen (secondary N) is 1. The van der Waals surface area contributed by atoms with Gasteiger partial charge < -0.3 is 9.84 Å². The Morgan fingerprint density at radius 3 is 2.65 bits per heavy atom. The van der Waals surface area contributed by atoms with Crippen LogP contribution in [-0.2, 0) is 0 Å². The maximum atomic E-state index is 5.34. The number of rotatable bonds is 4. The summed E-state index contributed by atoms with van der Waals surface area (Å²) < 4.78 is 5.34. The van der Waals surface area contributed by atoms with E-state index in [0.717, 1.165) is 5.56 Å². The van der Waals surface area contributed by atoms with Crippen molar-refractivity contribution >= 4 is 0 Å². The topological polar surface area (TPSA) is 76.7 Å². The molecule has 0 aliphatic carbocycles. The highest BCUT2D eigenvalue weighted by Crippen LogP contribution is 2.22. The first-order chi connectivity index (χ1) is 9.88. The second kappa shape index (κ2) is 5.58. The van der Waals surface area contributed by atoms with Crippen molar-refractivity contribution in [2.24, 2.45) is 0 Å². The standard InChI is InChI=1S/C14H13N5O/c1-15-12(10-6-3-2-4-7-10)14-17-13(19-20-14)11-8-5-9-16-18-11/h2-9,12,15H,1H3/t12-/m1/s1. The Bertz CT molecular complexity index is 668. The van der Waals surface area contributed by atoms with Gasteiger partial charge in [0.1, 0.15) is 11.7 Å². The van der Waals surface area contributed by atoms with Crippen LogP contribution < -0.4 is 5.32 Å². The molecule has 0 fully saturated rings. The lowest BCUT2D eigenvalue weighted by atomic mass is 10.1. The van der Waals surface area contributed by atoms with Crippen LogP contribution in [0.2, 0.25) is 0 Å². The fourth-order valence-electron chi connectivity index (χ4n) is 1.96. The first-order valence-electron chi connectivity index (χ1n) is 6.22. The zero-order valence-corrected chi connectivity index (χ0v) is 10.9. The first kappa shape index (κ1) is 12.4. The van der Waals surface area contributed by atoms with Crippen molar-refractivity contribution in [2.45, 2.75) is 6.04 Å². The highest BCUT2D eigenvalue weighted by molar-refractivity contribution is 5.46. The van der Waals surface area contributed by atoms with Crippen LogP contribution in [0, 0.1) is 0 Å². The Morgan fingerprint density at radius 1 is 1.10 bits per heavy atom. The van der Waals surface area contributed by atoms with E-state index in [9.17, 15) is 0 Å². The Hall–Kier alpha value is -2.60. The van der Waals surface area contributed by atoms with E-state index in [0.29, 0.717) is 17.4 Å². The summed E-state index contributed by atoms with van der Waals surface area (Å²) in [4.78, 5) is 4.39.